The van der Waals surface area contributed by atoms with Gasteiger partial charge < -0.3 is 10.2 Å². The smallest absolute Gasteiger partial charge is 0.255 e. The molecule has 1 saturated carbocycles. The topological polar surface area (TPSA) is 75.2 Å². The summed E-state index contributed by atoms with van der Waals surface area (Å²) in [4.78, 5) is 26.6. The number of hydrogen-bond donors (Lipinski definition) is 1. The number of carbonyl (C=O) groups excluding carboxylic acids is 2. The van der Waals surface area contributed by atoms with Crippen molar-refractivity contribution in [2.75, 3.05) is 23.3 Å². The van der Waals surface area contributed by atoms with Crippen LogP contribution in [-0.4, -0.2) is 35.0 Å². The maximum atomic E-state index is 12.8. The largest absolute Gasteiger partial charge is 0.354 e. The Kier molecular flexibility index (Phi) is 4.69. The Morgan fingerprint density at radius 2 is 1.77 bits per heavy atom. The number of aryl methyl sites for hydroxylation is 1. The Balaban J connectivity index is 1.58. The van der Waals surface area contributed by atoms with Gasteiger partial charge in [0, 0.05) is 48.0 Å². The van der Waals surface area contributed by atoms with E-state index < -0.39 is 0 Å². The highest BCUT2D eigenvalue weighted by Gasteiger charge is 2.31. The molecule has 0 atom stereocenters. The van der Waals surface area contributed by atoms with Crippen LogP contribution in [0.5, 0.6) is 0 Å². The lowest BCUT2D eigenvalue weighted by Gasteiger charge is -2.28. The lowest BCUT2D eigenvalue weighted by molar-refractivity contribution is -0.119. The van der Waals surface area contributed by atoms with Crippen LogP contribution in [0, 0.1) is 6.92 Å². The molecule has 2 fully saturated rings. The zero-order valence-corrected chi connectivity index (χ0v) is 17.0. The van der Waals surface area contributed by atoms with Gasteiger partial charge in [-0.15, -0.1) is 5.10 Å². The maximum absolute atomic E-state index is 12.8. The molecule has 2 heterocycles. The summed E-state index contributed by atoms with van der Waals surface area (Å²) in [7, 11) is 0. The number of ketones is 1. The standard InChI is InChI=1S/C24H24N4O2/c1-15-21-19(23(27-26-15)28-13-11-18(29)12-14-28)9-10-20(22(21)16-7-8-16)25-24(30)17-5-3-2-4-6-17/h2-6,9-10,16H,7-8,11-14H2,1H3,(H,25,30). The van der Waals surface area contributed by atoms with E-state index in [1.807, 2.05) is 49.4 Å². The fourth-order valence-electron chi connectivity index (χ4n) is 4.31. The van der Waals surface area contributed by atoms with Gasteiger partial charge in [0.05, 0.1) is 5.69 Å². The number of nitrogens with one attached hydrogen (secondary N) is 1. The minimum absolute atomic E-state index is 0.105. The number of hydrogen-bond acceptors (Lipinski definition) is 5. The highest BCUT2D eigenvalue weighted by molar-refractivity contribution is 6.07. The molecule has 0 unspecified atom stereocenters. The molecular formula is C24H24N4O2. The molecule has 0 radical (unpaired) electrons. The van der Waals surface area contributed by atoms with E-state index in [1.165, 1.54) is 5.56 Å². The highest BCUT2D eigenvalue weighted by Crippen LogP contribution is 2.48. The van der Waals surface area contributed by atoms with Crippen molar-refractivity contribution < 1.29 is 9.59 Å². The lowest BCUT2D eigenvalue weighted by atomic mass is 9.97. The number of anilines is 2. The molecule has 6 heteroatoms. The second-order valence-electron chi connectivity index (χ2n) is 8.18. The monoisotopic (exact) mass is 400 g/mol. The van der Waals surface area contributed by atoms with Gasteiger partial charge >= 0.3 is 0 Å². The second kappa shape index (κ2) is 7.52. The third-order valence-corrected chi connectivity index (χ3v) is 6.03. The predicted molar refractivity (Wildman–Crippen MR) is 117 cm³/mol. The first-order valence-corrected chi connectivity index (χ1v) is 10.5. The fraction of sp³-hybridized carbons (Fsp3) is 0.333. The van der Waals surface area contributed by atoms with Crippen LogP contribution in [0.1, 0.15) is 53.2 Å². The number of fused-ring (bicyclic) bond motifs is 1. The van der Waals surface area contributed by atoms with Crippen molar-refractivity contribution in [2.24, 2.45) is 0 Å². The van der Waals surface area contributed by atoms with Crippen LogP contribution in [-0.2, 0) is 4.79 Å². The summed E-state index contributed by atoms with van der Waals surface area (Å²) >= 11 is 0. The van der Waals surface area contributed by atoms with Crippen LogP contribution >= 0.6 is 0 Å². The molecule has 152 valence electrons. The molecular weight excluding hydrogens is 376 g/mol. The normalized spacial score (nSPS) is 16.7. The third-order valence-electron chi connectivity index (χ3n) is 6.03. The summed E-state index contributed by atoms with van der Waals surface area (Å²) in [6, 6.07) is 13.3. The van der Waals surface area contributed by atoms with E-state index in [2.05, 4.69) is 20.4 Å². The van der Waals surface area contributed by atoms with Gasteiger partial charge in [0.1, 0.15) is 5.78 Å². The number of benzene rings is 2. The van der Waals surface area contributed by atoms with Crippen LogP contribution in [0.2, 0.25) is 0 Å². The molecule has 0 bridgehead atoms. The predicted octanol–water partition coefficient (Wildman–Crippen LogP) is 4.24. The molecule has 1 aliphatic heterocycles. The van der Waals surface area contributed by atoms with Crippen molar-refractivity contribution in [2.45, 2.75) is 38.5 Å². The van der Waals surface area contributed by atoms with Crippen molar-refractivity contribution in [3.05, 3.63) is 59.3 Å². The molecule has 1 saturated heterocycles. The van der Waals surface area contributed by atoms with E-state index in [0.717, 1.165) is 40.8 Å². The molecule has 2 aliphatic rings. The van der Waals surface area contributed by atoms with Crippen molar-refractivity contribution in [1.82, 2.24) is 10.2 Å². The number of carbonyl (C=O) groups is 2. The minimum Gasteiger partial charge on any atom is -0.354 e. The first-order chi connectivity index (χ1) is 14.6. The summed E-state index contributed by atoms with van der Waals surface area (Å²) < 4.78 is 0. The highest BCUT2D eigenvalue weighted by atomic mass is 16.1. The van der Waals surface area contributed by atoms with Gasteiger partial charge in [-0.3, -0.25) is 9.59 Å². The van der Waals surface area contributed by atoms with E-state index in [9.17, 15) is 9.59 Å². The summed E-state index contributed by atoms with van der Waals surface area (Å²) in [5, 5.41) is 14.2. The average Bonchev–Trinajstić information content (AvgIpc) is 3.60. The Bertz CT molecular complexity index is 1130. The summed E-state index contributed by atoms with van der Waals surface area (Å²) in [5.41, 5.74) is 3.54. The fourth-order valence-corrected chi connectivity index (χ4v) is 4.31. The van der Waals surface area contributed by atoms with Crippen molar-refractivity contribution in [3.8, 4) is 0 Å². The van der Waals surface area contributed by atoms with Crippen LogP contribution in [0.3, 0.4) is 0 Å². The lowest BCUT2D eigenvalue weighted by Crippen LogP contribution is -2.34. The first kappa shape index (κ1) is 18.7. The first-order valence-electron chi connectivity index (χ1n) is 10.5. The number of amides is 1. The molecule has 1 aliphatic carbocycles. The number of nitrogens with zero attached hydrogens (tertiary/aromatic N) is 3. The van der Waals surface area contributed by atoms with E-state index in [4.69, 9.17) is 0 Å². The maximum Gasteiger partial charge on any atom is 0.255 e. The molecule has 5 rings (SSSR count). The zero-order valence-electron chi connectivity index (χ0n) is 17.0. The number of piperidine rings is 1. The SMILES string of the molecule is Cc1nnc(N2CCC(=O)CC2)c2ccc(NC(=O)c3ccccc3)c(C3CC3)c12. The van der Waals surface area contributed by atoms with Gasteiger partial charge in [0.2, 0.25) is 0 Å². The van der Waals surface area contributed by atoms with Crippen LogP contribution in [0.4, 0.5) is 11.5 Å². The average molecular weight is 400 g/mol. The van der Waals surface area contributed by atoms with Crippen LogP contribution in [0.25, 0.3) is 10.8 Å². The summed E-state index contributed by atoms with van der Waals surface area (Å²) in [6.45, 7) is 3.33. The number of rotatable bonds is 4. The van der Waals surface area contributed by atoms with Gasteiger partial charge in [-0.1, -0.05) is 18.2 Å². The van der Waals surface area contributed by atoms with Gasteiger partial charge in [0.25, 0.3) is 5.91 Å². The summed E-state index contributed by atoms with van der Waals surface area (Å²) in [6.07, 6.45) is 3.33. The van der Waals surface area contributed by atoms with E-state index >= 15 is 0 Å². The molecule has 1 aromatic heterocycles. The van der Waals surface area contributed by atoms with Crippen LogP contribution < -0.4 is 10.2 Å². The number of Topliss-reactive ketones (excluding diaryl/α,β-unsaturated/α-hetero) is 1. The molecule has 1 N–H and O–H groups in total. The Morgan fingerprint density at radius 3 is 2.47 bits per heavy atom. The summed E-state index contributed by atoms with van der Waals surface area (Å²) in [5.74, 6) is 1.47. The Labute approximate surface area is 175 Å². The Hall–Kier alpha value is -3.28. The Morgan fingerprint density at radius 1 is 1.03 bits per heavy atom. The van der Waals surface area contributed by atoms with Crippen molar-refractivity contribution in [3.63, 3.8) is 0 Å². The van der Waals surface area contributed by atoms with Crippen molar-refractivity contribution >= 4 is 34.0 Å². The van der Waals surface area contributed by atoms with Gasteiger partial charge in [-0.2, -0.15) is 5.10 Å². The molecule has 6 nitrogen and oxygen atoms in total. The third kappa shape index (κ3) is 3.43. The second-order valence-corrected chi connectivity index (χ2v) is 8.18. The van der Waals surface area contributed by atoms with Gasteiger partial charge in [-0.05, 0) is 55.5 Å². The van der Waals surface area contributed by atoms with Gasteiger partial charge in [0.15, 0.2) is 5.82 Å². The molecule has 30 heavy (non-hydrogen) atoms. The minimum atomic E-state index is -0.105. The molecule has 3 aromatic rings. The molecule has 1 amide bonds. The van der Waals surface area contributed by atoms with E-state index in [1.54, 1.807) is 0 Å². The molecule has 0 spiro atoms. The van der Waals surface area contributed by atoms with Crippen LogP contribution in [0.15, 0.2) is 42.5 Å². The molecule has 2 aromatic carbocycles. The number of aromatic nitrogens is 2. The zero-order chi connectivity index (χ0) is 20.7. The van der Waals surface area contributed by atoms with Gasteiger partial charge in [-0.25, -0.2) is 0 Å². The van der Waals surface area contributed by atoms with Crippen molar-refractivity contribution in [1.29, 1.82) is 0 Å². The quantitative estimate of drug-likeness (QED) is 0.709. The van der Waals surface area contributed by atoms with E-state index in [-0.39, 0.29) is 5.91 Å². The van der Waals surface area contributed by atoms with E-state index in [0.29, 0.717) is 43.2 Å².